The van der Waals surface area contributed by atoms with Gasteiger partial charge in [0.15, 0.2) is 0 Å². The number of hydrogen-bond acceptors (Lipinski definition) is 4. The van der Waals surface area contributed by atoms with Gasteiger partial charge in [0, 0.05) is 30.2 Å². The van der Waals surface area contributed by atoms with E-state index in [1.54, 1.807) is 18.3 Å². The molecule has 1 aliphatic heterocycles. The number of carbonyl (C=O) groups is 2. The van der Waals surface area contributed by atoms with Gasteiger partial charge >= 0.3 is 6.03 Å². The number of anilines is 2. The third kappa shape index (κ3) is 1.97. The van der Waals surface area contributed by atoms with Crippen LogP contribution < -0.4 is 16.0 Å². The van der Waals surface area contributed by atoms with E-state index in [0.29, 0.717) is 23.4 Å². The lowest BCUT2D eigenvalue weighted by molar-refractivity contribution is -0.120. The van der Waals surface area contributed by atoms with Crippen molar-refractivity contribution in [2.45, 2.75) is 6.42 Å². The number of rotatable bonds is 1. The lowest BCUT2D eigenvalue weighted by atomic mass is 10.1. The average Bonchev–Trinajstić information content (AvgIpc) is 2.38. The number of nitrogens with two attached hydrogens (primary N) is 1. The molecule has 0 atom stereocenters. The van der Waals surface area contributed by atoms with Crippen molar-refractivity contribution in [1.82, 2.24) is 10.3 Å². The highest BCUT2D eigenvalue weighted by atomic mass is 16.2. The Labute approximate surface area is 109 Å². The summed E-state index contributed by atoms with van der Waals surface area (Å²) in [6, 6.07) is 6.76. The molecule has 1 aliphatic rings. The van der Waals surface area contributed by atoms with Crippen LogP contribution in [-0.2, 0) is 4.79 Å². The highest BCUT2D eigenvalue weighted by Gasteiger charge is 2.26. The average molecular weight is 256 g/mol. The molecular weight excluding hydrogens is 244 g/mol. The van der Waals surface area contributed by atoms with Crippen molar-refractivity contribution in [2.24, 2.45) is 0 Å². The third-order valence-electron chi connectivity index (χ3n) is 3.05. The van der Waals surface area contributed by atoms with Crippen LogP contribution in [0.5, 0.6) is 0 Å². The van der Waals surface area contributed by atoms with Crippen LogP contribution in [0.3, 0.4) is 0 Å². The number of carbonyl (C=O) groups excluding carboxylic acids is 2. The molecule has 3 rings (SSSR count). The van der Waals surface area contributed by atoms with Gasteiger partial charge in [0.25, 0.3) is 0 Å². The summed E-state index contributed by atoms with van der Waals surface area (Å²) in [5, 5.41) is 3.15. The van der Waals surface area contributed by atoms with Crippen molar-refractivity contribution in [3.8, 4) is 0 Å². The summed E-state index contributed by atoms with van der Waals surface area (Å²) in [4.78, 5) is 28.8. The first-order chi connectivity index (χ1) is 9.15. The number of nitrogen functional groups attached to an aromatic ring is 1. The van der Waals surface area contributed by atoms with Crippen molar-refractivity contribution in [3.05, 3.63) is 30.5 Å². The summed E-state index contributed by atoms with van der Waals surface area (Å²) in [5.74, 6) is -0.262. The SMILES string of the molecule is Nc1cc(N2CCC(=O)NC2=O)c2ncccc2c1. The number of nitrogens with zero attached hydrogens (tertiary/aromatic N) is 2. The van der Waals surface area contributed by atoms with Gasteiger partial charge in [-0.25, -0.2) is 4.79 Å². The van der Waals surface area contributed by atoms with Crippen molar-refractivity contribution < 1.29 is 9.59 Å². The van der Waals surface area contributed by atoms with E-state index in [1.165, 1.54) is 4.90 Å². The summed E-state index contributed by atoms with van der Waals surface area (Å²) in [6.45, 7) is 0.333. The van der Waals surface area contributed by atoms with Gasteiger partial charge in [-0.2, -0.15) is 0 Å². The number of urea groups is 1. The first-order valence-electron chi connectivity index (χ1n) is 5.91. The zero-order chi connectivity index (χ0) is 13.4. The Hall–Kier alpha value is -2.63. The molecular formula is C13H12N4O2. The second-order valence-corrected chi connectivity index (χ2v) is 4.37. The van der Waals surface area contributed by atoms with Crippen molar-refractivity contribution in [3.63, 3.8) is 0 Å². The highest BCUT2D eigenvalue weighted by molar-refractivity contribution is 6.09. The zero-order valence-electron chi connectivity index (χ0n) is 10.1. The molecule has 2 heterocycles. The Morgan fingerprint density at radius 2 is 2.16 bits per heavy atom. The second kappa shape index (κ2) is 4.24. The topological polar surface area (TPSA) is 88.3 Å². The number of fused-ring (bicyclic) bond motifs is 1. The maximum absolute atomic E-state index is 11.9. The molecule has 1 fully saturated rings. The number of pyridine rings is 1. The molecule has 0 radical (unpaired) electrons. The number of hydrogen-bond donors (Lipinski definition) is 2. The second-order valence-electron chi connectivity index (χ2n) is 4.37. The van der Waals surface area contributed by atoms with Crippen LogP contribution in [0.15, 0.2) is 30.5 Å². The minimum absolute atomic E-state index is 0.262. The van der Waals surface area contributed by atoms with Gasteiger partial charge in [0.05, 0.1) is 11.2 Å². The van der Waals surface area contributed by atoms with Crippen LogP contribution in [-0.4, -0.2) is 23.5 Å². The van der Waals surface area contributed by atoms with Gasteiger partial charge < -0.3 is 5.73 Å². The van der Waals surface area contributed by atoms with E-state index in [2.05, 4.69) is 10.3 Å². The van der Waals surface area contributed by atoms with Gasteiger partial charge in [0.2, 0.25) is 5.91 Å². The maximum atomic E-state index is 11.9. The van der Waals surface area contributed by atoms with Crippen LogP contribution >= 0.6 is 0 Å². The lowest BCUT2D eigenvalue weighted by Gasteiger charge is -2.27. The van der Waals surface area contributed by atoms with Gasteiger partial charge in [-0.3, -0.25) is 20.0 Å². The molecule has 1 aromatic heterocycles. The predicted molar refractivity (Wildman–Crippen MR) is 71.7 cm³/mol. The van der Waals surface area contributed by atoms with E-state index in [1.807, 2.05) is 12.1 Å². The summed E-state index contributed by atoms with van der Waals surface area (Å²) in [5.41, 5.74) is 7.73. The Morgan fingerprint density at radius 1 is 1.32 bits per heavy atom. The van der Waals surface area contributed by atoms with Crippen molar-refractivity contribution in [2.75, 3.05) is 17.2 Å². The Kier molecular flexibility index (Phi) is 2.56. The number of benzene rings is 1. The Morgan fingerprint density at radius 3 is 2.95 bits per heavy atom. The highest BCUT2D eigenvalue weighted by Crippen LogP contribution is 2.29. The van der Waals surface area contributed by atoms with E-state index in [9.17, 15) is 9.59 Å². The van der Waals surface area contributed by atoms with Crippen LogP contribution in [0.25, 0.3) is 10.9 Å². The van der Waals surface area contributed by atoms with E-state index < -0.39 is 6.03 Å². The summed E-state index contributed by atoms with van der Waals surface area (Å²) in [7, 11) is 0. The minimum atomic E-state index is -0.436. The normalized spacial score (nSPS) is 15.7. The number of nitrogens with one attached hydrogen (secondary N) is 1. The molecule has 2 aromatic rings. The predicted octanol–water partition coefficient (Wildman–Crippen LogP) is 1.26. The Bertz CT molecular complexity index is 683. The summed E-state index contributed by atoms with van der Waals surface area (Å²) < 4.78 is 0. The quantitative estimate of drug-likeness (QED) is 0.752. The van der Waals surface area contributed by atoms with E-state index in [4.69, 9.17) is 5.73 Å². The van der Waals surface area contributed by atoms with Crippen LogP contribution in [0.4, 0.5) is 16.2 Å². The van der Waals surface area contributed by atoms with E-state index in [0.717, 1.165) is 5.39 Å². The van der Waals surface area contributed by atoms with Crippen molar-refractivity contribution in [1.29, 1.82) is 0 Å². The molecule has 0 bridgehead atoms. The maximum Gasteiger partial charge on any atom is 0.328 e. The summed E-state index contributed by atoms with van der Waals surface area (Å²) >= 11 is 0. The Balaban J connectivity index is 2.14. The molecule has 0 aliphatic carbocycles. The number of amides is 3. The van der Waals surface area contributed by atoms with Gasteiger partial charge in [-0.15, -0.1) is 0 Å². The van der Waals surface area contributed by atoms with Crippen molar-refractivity contribution >= 4 is 34.2 Å². The largest absolute Gasteiger partial charge is 0.399 e. The van der Waals surface area contributed by atoms with Crippen LogP contribution in [0.1, 0.15) is 6.42 Å². The fourth-order valence-corrected chi connectivity index (χ4v) is 2.20. The molecule has 19 heavy (non-hydrogen) atoms. The van der Waals surface area contributed by atoms with Crippen LogP contribution in [0.2, 0.25) is 0 Å². The molecule has 6 heteroatoms. The molecule has 0 unspecified atom stereocenters. The third-order valence-corrected chi connectivity index (χ3v) is 3.05. The smallest absolute Gasteiger partial charge is 0.328 e. The molecule has 0 spiro atoms. The standard InChI is InChI=1S/C13H12N4O2/c14-9-6-8-2-1-4-15-12(8)10(7-9)17-5-3-11(18)16-13(17)19/h1-2,4,6-7H,3,5,14H2,(H,16,18,19). The van der Waals surface area contributed by atoms with Gasteiger partial charge in [-0.1, -0.05) is 6.07 Å². The monoisotopic (exact) mass is 256 g/mol. The molecule has 3 N–H and O–H groups in total. The van der Waals surface area contributed by atoms with Gasteiger partial charge in [0.1, 0.15) is 0 Å². The van der Waals surface area contributed by atoms with Crippen LogP contribution in [0, 0.1) is 0 Å². The summed E-state index contributed by atoms with van der Waals surface area (Å²) in [6.07, 6.45) is 1.93. The molecule has 1 aromatic carbocycles. The molecule has 1 saturated heterocycles. The zero-order valence-corrected chi connectivity index (χ0v) is 10.1. The lowest BCUT2D eigenvalue weighted by Crippen LogP contribution is -2.49. The first kappa shape index (κ1) is 11.5. The fourth-order valence-electron chi connectivity index (χ4n) is 2.20. The molecule has 0 saturated carbocycles. The van der Waals surface area contributed by atoms with E-state index in [-0.39, 0.29) is 12.3 Å². The first-order valence-corrected chi connectivity index (χ1v) is 5.91. The fraction of sp³-hybridized carbons (Fsp3) is 0.154. The minimum Gasteiger partial charge on any atom is -0.399 e. The van der Waals surface area contributed by atoms with E-state index >= 15 is 0 Å². The van der Waals surface area contributed by atoms with Gasteiger partial charge in [-0.05, 0) is 18.2 Å². The molecule has 6 nitrogen and oxygen atoms in total. The molecule has 96 valence electrons. The number of imide groups is 1. The number of aromatic nitrogens is 1. The molecule has 3 amide bonds.